The minimum atomic E-state index is -0.0716. The van der Waals surface area contributed by atoms with Gasteiger partial charge < -0.3 is 9.80 Å². The van der Waals surface area contributed by atoms with Gasteiger partial charge in [-0.05, 0) is 30.9 Å². The second-order valence-corrected chi connectivity index (χ2v) is 7.92. The van der Waals surface area contributed by atoms with Gasteiger partial charge in [-0.2, -0.15) is 0 Å². The number of aromatic nitrogens is 3. The van der Waals surface area contributed by atoms with Crippen LogP contribution >= 0.6 is 0 Å². The van der Waals surface area contributed by atoms with Crippen LogP contribution in [0.5, 0.6) is 0 Å². The van der Waals surface area contributed by atoms with Crippen molar-refractivity contribution in [3.05, 3.63) is 42.2 Å². The van der Waals surface area contributed by atoms with Crippen LogP contribution in [0.25, 0.3) is 5.69 Å². The van der Waals surface area contributed by atoms with E-state index in [0.29, 0.717) is 24.7 Å². The van der Waals surface area contributed by atoms with Gasteiger partial charge in [0, 0.05) is 39.8 Å². The fourth-order valence-electron chi connectivity index (χ4n) is 4.11. The van der Waals surface area contributed by atoms with Crippen molar-refractivity contribution in [3.63, 3.8) is 0 Å². The molecule has 3 aliphatic heterocycles. The molecule has 148 valence electrons. The second-order valence-electron chi connectivity index (χ2n) is 7.92. The van der Waals surface area contributed by atoms with Crippen molar-refractivity contribution >= 4 is 11.8 Å². The van der Waals surface area contributed by atoms with Gasteiger partial charge in [0.05, 0.1) is 18.4 Å². The predicted molar refractivity (Wildman–Crippen MR) is 104 cm³/mol. The van der Waals surface area contributed by atoms with Gasteiger partial charge in [-0.25, -0.2) is 4.68 Å². The average Bonchev–Trinajstić information content (AvgIpc) is 3.03. The zero-order chi connectivity index (χ0) is 19.7. The van der Waals surface area contributed by atoms with Crippen LogP contribution in [0.2, 0.25) is 0 Å². The number of carbonyl (C=O) groups excluding carboxylic acids is 2. The largest absolute Gasteiger partial charge is 0.348 e. The monoisotopic (exact) mass is 382 g/mol. The van der Waals surface area contributed by atoms with Crippen LogP contribution in [-0.2, 0) is 4.79 Å². The minimum absolute atomic E-state index is 0.0716. The minimum Gasteiger partial charge on any atom is -0.348 e. The number of hydrogen-bond donors (Lipinski definition) is 0. The summed E-state index contributed by atoms with van der Waals surface area (Å²) in [6.07, 6.45) is 3.76. The highest BCUT2D eigenvalue weighted by atomic mass is 16.2. The Morgan fingerprint density at radius 2 is 1.89 bits per heavy atom. The zero-order valence-corrected chi connectivity index (χ0v) is 16.4. The molecule has 3 saturated heterocycles. The Balaban J connectivity index is 1.48. The van der Waals surface area contributed by atoms with Crippen LogP contribution in [0.4, 0.5) is 0 Å². The number of para-hydroxylation sites is 1. The second kappa shape index (κ2) is 7.71. The van der Waals surface area contributed by atoms with E-state index < -0.39 is 0 Å². The van der Waals surface area contributed by atoms with Crippen molar-refractivity contribution < 1.29 is 9.59 Å². The molecule has 0 aliphatic carbocycles. The Kier molecular flexibility index (Phi) is 5.13. The molecule has 2 bridgehead atoms. The molecule has 1 aromatic heterocycles. The van der Waals surface area contributed by atoms with E-state index in [0.717, 1.165) is 31.6 Å². The molecule has 1 aromatic carbocycles. The van der Waals surface area contributed by atoms with Gasteiger partial charge in [-0.15, -0.1) is 5.10 Å². The van der Waals surface area contributed by atoms with E-state index >= 15 is 0 Å². The summed E-state index contributed by atoms with van der Waals surface area (Å²) >= 11 is 0. The van der Waals surface area contributed by atoms with Gasteiger partial charge in [0.25, 0.3) is 5.91 Å². The highest BCUT2D eigenvalue weighted by Crippen LogP contribution is 2.29. The topological polar surface area (TPSA) is 74.6 Å². The first-order valence-corrected chi connectivity index (χ1v) is 9.72. The van der Waals surface area contributed by atoms with Gasteiger partial charge in [0.15, 0.2) is 5.69 Å². The maximum absolute atomic E-state index is 13.1. The van der Waals surface area contributed by atoms with Crippen molar-refractivity contribution in [2.24, 2.45) is 5.92 Å². The SMILES string of the molecule is CN(C)C(=O)CN1C[C@H]2CC[C@@H](C1)N(C(=O)c1cn(-c3ccccc3)nn1)C2. The maximum atomic E-state index is 13.1. The van der Waals surface area contributed by atoms with E-state index in [1.807, 2.05) is 35.2 Å². The molecule has 0 N–H and O–H groups in total. The molecule has 5 rings (SSSR count). The number of piperidine rings is 1. The molecular weight excluding hydrogens is 356 g/mol. The standard InChI is InChI=1S/C20H26N6O2/c1-23(2)19(27)14-24-10-15-8-9-17(12-24)25(11-15)20(28)18-13-26(22-21-18)16-6-4-3-5-7-16/h3-7,13,15,17H,8-12,14H2,1-2H3/t15-,17+/m1/s1. The summed E-state index contributed by atoms with van der Waals surface area (Å²) in [5.74, 6) is 0.421. The van der Waals surface area contributed by atoms with Crippen LogP contribution in [0.1, 0.15) is 23.3 Å². The molecule has 2 atom stereocenters. The van der Waals surface area contributed by atoms with Gasteiger partial charge in [-0.1, -0.05) is 23.4 Å². The van der Waals surface area contributed by atoms with Crippen molar-refractivity contribution in [3.8, 4) is 5.69 Å². The molecule has 0 spiro atoms. The highest BCUT2D eigenvalue weighted by Gasteiger charge is 2.38. The van der Waals surface area contributed by atoms with E-state index in [9.17, 15) is 9.59 Å². The van der Waals surface area contributed by atoms with Crippen LogP contribution in [-0.4, -0.2) is 87.8 Å². The Bertz CT molecular complexity index is 849. The van der Waals surface area contributed by atoms with Gasteiger partial charge in [-0.3, -0.25) is 14.5 Å². The normalized spacial score (nSPS) is 22.1. The first-order chi connectivity index (χ1) is 13.5. The number of carbonyl (C=O) groups is 2. The first-order valence-electron chi connectivity index (χ1n) is 9.72. The van der Waals surface area contributed by atoms with Crippen molar-refractivity contribution in [1.29, 1.82) is 0 Å². The number of benzene rings is 1. The third-order valence-corrected chi connectivity index (χ3v) is 5.64. The predicted octanol–water partition coefficient (Wildman–Crippen LogP) is 0.892. The number of nitrogens with zero attached hydrogens (tertiary/aromatic N) is 6. The highest BCUT2D eigenvalue weighted by molar-refractivity contribution is 5.92. The molecule has 8 nitrogen and oxygen atoms in total. The molecule has 0 radical (unpaired) electrons. The van der Waals surface area contributed by atoms with E-state index in [4.69, 9.17) is 0 Å². The summed E-state index contributed by atoms with van der Waals surface area (Å²) in [5, 5.41) is 8.24. The summed E-state index contributed by atoms with van der Waals surface area (Å²) in [6, 6.07) is 9.76. The molecule has 3 fully saturated rings. The molecule has 0 unspecified atom stereocenters. The quantitative estimate of drug-likeness (QED) is 0.785. The summed E-state index contributed by atoms with van der Waals surface area (Å²) in [5.41, 5.74) is 1.24. The Labute approximate surface area is 164 Å². The van der Waals surface area contributed by atoms with E-state index in [2.05, 4.69) is 15.2 Å². The Morgan fingerprint density at radius 1 is 1.11 bits per heavy atom. The number of fused-ring (bicyclic) bond motifs is 4. The summed E-state index contributed by atoms with van der Waals surface area (Å²) in [6.45, 7) is 2.71. The summed E-state index contributed by atoms with van der Waals surface area (Å²) in [4.78, 5) is 31.0. The van der Waals surface area contributed by atoms with Crippen molar-refractivity contribution in [1.82, 2.24) is 29.7 Å². The van der Waals surface area contributed by atoms with E-state index in [-0.39, 0.29) is 17.9 Å². The van der Waals surface area contributed by atoms with Crippen LogP contribution < -0.4 is 0 Å². The van der Waals surface area contributed by atoms with Gasteiger partial charge in [0.2, 0.25) is 5.91 Å². The third kappa shape index (κ3) is 3.77. The lowest BCUT2D eigenvalue weighted by atomic mass is 9.95. The Hall–Kier alpha value is -2.74. The van der Waals surface area contributed by atoms with Gasteiger partial charge in [0.1, 0.15) is 0 Å². The number of hydrogen-bond acceptors (Lipinski definition) is 5. The lowest BCUT2D eigenvalue weighted by Crippen LogP contribution is -2.48. The molecule has 28 heavy (non-hydrogen) atoms. The molecule has 4 heterocycles. The summed E-state index contributed by atoms with van der Waals surface area (Å²) in [7, 11) is 3.56. The smallest absolute Gasteiger partial charge is 0.276 e. The molecule has 0 saturated carbocycles. The third-order valence-electron chi connectivity index (χ3n) is 5.64. The maximum Gasteiger partial charge on any atom is 0.276 e. The lowest BCUT2D eigenvalue weighted by Gasteiger charge is -2.35. The van der Waals surface area contributed by atoms with Crippen LogP contribution in [0.15, 0.2) is 36.5 Å². The molecule has 8 heteroatoms. The average molecular weight is 382 g/mol. The molecule has 2 amide bonds. The number of rotatable bonds is 4. The zero-order valence-electron chi connectivity index (χ0n) is 16.4. The molecular formula is C20H26N6O2. The number of likely N-dealkylation sites (N-methyl/N-ethyl adjacent to an activating group) is 1. The van der Waals surface area contributed by atoms with E-state index in [1.54, 1.807) is 29.9 Å². The van der Waals surface area contributed by atoms with Crippen molar-refractivity contribution in [2.45, 2.75) is 18.9 Å². The fourth-order valence-corrected chi connectivity index (χ4v) is 4.11. The first kappa shape index (κ1) is 18.6. The van der Waals surface area contributed by atoms with E-state index in [1.165, 1.54) is 0 Å². The van der Waals surface area contributed by atoms with Crippen LogP contribution in [0, 0.1) is 5.92 Å². The van der Waals surface area contributed by atoms with Gasteiger partial charge >= 0.3 is 0 Å². The Morgan fingerprint density at radius 3 is 2.64 bits per heavy atom. The molecule has 2 aromatic rings. The molecule has 3 aliphatic rings. The van der Waals surface area contributed by atoms with Crippen LogP contribution in [0.3, 0.4) is 0 Å². The summed E-state index contributed by atoms with van der Waals surface area (Å²) < 4.78 is 1.63. The van der Waals surface area contributed by atoms with Crippen molar-refractivity contribution in [2.75, 3.05) is 40.3 Å². The lowest BCUT2D eigenvalue weighted by molar-refractivity contribution is -0.129. The number of amides is 2. The fraction of sp³-hybridized carbons (Fsp3) is 0.500.